The fraction of sp³-hybridized carbons (Fsp3) is 0.350. The summed E-state index contributed by atoms with van der Waals surface area (Å²) in [7, 11) is -3.75. The zero-order valence-electron chi connectivity index (χ0n) is 17.3. The minimum absolute atomic E-state index is 0.0522. The molecule has 0 fully saturated rings. The van der Waals surface area contributed by atoms with Crippen LogP contribution < -0.4 is 14.8 Å². The van der Waals surface area contributed by atoms with Gasteiger partial charge >= 0.3 is 12.4 Å². The highest BCUT2D eigenvalue weighted by Crippen LogP contribution is 2.37. The molecule has 2 N–H and O–H groups in total. The van der Waals surface area contributed by atoms with Gasteiger partial charge in [0.15, 0.2) is 6.61 Å². The van der Waals surface area contributed by atoms with Crippen LogP contribution in [-0.2, 0) is 27.2 Å². The molecule has 0 bridgehead atoms. The van der Waals surface area contributed by atoms with E-state index in [0.717, 1.165) is 0 Å². The molecule has 0 spiro atoms. The number of hydrogen-bond donors (Lipinski definition) is 2. The summed E-state index contributed by atoms with van der Waals surface area (Å²) < 4.78 is 109. The summed E-state index contributed by atoms with van der Waals surface area (Å²) in [5.74, 6) is -0.865. The lowest BCUT2D eigenvalue weighted by atomic mass is 10.1. The number of halogens is 6. The second-order valence-corrected chi connectivity index (χ2v) is 9.12. The quantitative estimate of drug-likeness (QED) is 0.518. The molecule has 0 saturated carbocycles. The van der Waals surface area contributed by atoms with Gasteiger partial charge in [0.2, 0.25) is 10.0 Å². The number of hydrogen-bond acceptors (Lipinski definition) is 4. The zero-order chi connectivity index (χ0) is 25.0. The van der Waals surface area contributed by atoms with Crippen LogP contribution in [0.1, 0.15) is 25.0 Å². The van der Waals surface area contributed by atoms with Crippen molar-refractivity contribution in [1.29, 1.82) is 0 Å². The van der Waals surface area contributed by atoms with E-state index in [9.17, 15) is 39.6 Å². The summed E-state index contributed by atoms with van der Waals surface area (Å²) >= 11 is 0. The Morgan fingerprint density at radius 3 is 1.91 bits per heavy atom. The molecule has 2 rings (SSSR count). The molecular formula is C20H20F6N2O4S. The summed E-state index contributed by atoms with van der Waals surface area (Å²) in [5, 5.41) is 1.93. The molecule has 1 amide bonds. The van der Waals surface area contributed by atoms with E-state index in [2.05, 4.69) is 4.72 Å². The second-order valence-electron chi connectivity index (χ2n) is 7.35. The van der Waals surface area contributed by atoms with Gasteiger partial charge in [-0.3, -0.25) is 4.79 Å². The Labute approximate surface area is 186 Å². The third-order valence-electron chi connectivity index (χ3n) is 4.06. The first-order valence-electron chi connectivity index (χ1n) is 9.40. The van der Waals surface area contributed by atoms with Crippen LogP contribution in [0.15, 0.2) is 47.4 Å². The Balaban J connectivity index is 2.06. The molecule has 33 heavy (non-hydrogen) atoms. The van der Waals surface area contributed by atoms with E-state index in [1.807, 2.05) is 19.2 Å². The maximum atomic E-state index is 12.9. The van der Waals surface area contributed by atoms with Crippen molar-refractivity contribution in [2.45, 2.75) is 31.1 Å². The number of anilines is 1. The average Bonchev–Trinajstić information content (AvgIpc) is 2.69. The van der Waals surface area contributed by atoms with Gasteiger partial charge in [-0.2, -0.15) is 26.3 Å². The molecule has 6 nitrogen and oxygen atoms in total. The predicted molar refractivity (Wildman–Crippen MR) is 107 cm³/mol. The van der Waals surface area contributed by atoms with Crippen LogP contribution in [0, 0.1) is 5.92 Å². The smallest absolute Gasteiger partial charge is 0.416 e. The first-order valence-corrected chi connectivity index (χ1v) is 10.9. The molecule has 182 valence electrons. The fourth-order valence-electron chi connectivity index (χ4n) is 2.45. The topological polar surface area (TPSA) is 84.5 Å². The van der Waals surface area contributed by atoms with Gasteiger partial charge in [-0.05, 0) is 48.4 Å². The normalized spacial score (nSPS) is 12.6. The average molecular weight is 498 g/mol. The van der Waals surface area contributed by atoms with Crippen molar-refractivity contribution in [3.05, 3.63) is 53.6 Å². The molecule has 0 aliphatic carbocycles. The van der Waals surface area contributed by atoms with Gasteiger partial charge in [-0.25, -0.2) is 13.1 Å². The highest BCUT2D eigenvalue weighted by atomic mass is 32.2. The van der Waals surface area contributed by atoms with Crippen LogP contribution in [0.5, 0.6) is 5.75 Å². The number of rotatable bonds is 8. The molecule has 2 aromatic carbocycles. The van der Waals surface area contributed by atoms with Gasteiger partial charge in [0.1, 0.15) is 5.75 Å². The largest absolute Gasteiger partial charge is 0.484 e. The predicted octanol–water partition coefficient (Wildman–Crippen LogP) is 4.68. The van der Waals surface area contributed by atoms with E-state index >= 15 is 0 Å². The second kappa shape index (κ2) is 10.00. The molecule has 0 radical (unpaired) electrons. The minimum atomic E-state index is -5.05. The molecule has 0 saturated heterocycles. The summed E-state index contributed by atoms with van der Waals surface area (Å²) in [6.45, 7) is 3.14. The summed E-state index contributed by atoms with van der Waals surface area (Å²) in [6.07, 6.45) is -10.1. The standard InChI is InChI=1S/C20H20F6N2O4S/c1-12(2)10-27-33(30,31)17-5-3-16(4-6-17)32-11-18(29)28-15-8-13(19(21,22)23)7-14(9-15)20(24,25)26/h3-9,12,27H,10-11H2,1-2H3,(H,28,29). The van der Waals surface area contributed by atoms with Gasteiger partial charge in [0, 0.05) is 12.2 Å². The SMILES string of the molecule is CC(C)CNS(=O)(=O)c1ccc(OCC(=O)Nc2cc(C(F)(F)F)cc(C(F)(F)F)c2)cc1. The minimum Gasteiger partial charge on any atom is -0.484 e. The zero-order valence-corrected chi connectivity index (χ0v) is 18.2. The Morgan fingerprint density at radius 1 is 0.939 bits per heavy atom. The molecule has 13 heteroatoms. The maximum absolute atomic E-state index is 12.9. The number of sulfonamides is 1. The molecule has 0 aromatic heterocycles. The molecule has 0 aliphatic heterocycles. The monoisotopic (exact) mass is 498 g/mol. The van der Waals surface area contributed by atoms with E-state index in [4.69, 9.17) is 4.74 Å². The number of ether oxygens (including phenoxy) is 1. The van der Waals surface area contributed by atoms with E-state index in [-0.39, 0.29) is 29.2 Å². The van der Waals surface area contributed by atoms with Crippen molar-refractivity contribution in [1.82, 2.24) is 4.72 Å². The van der Waals surface area contributed by atoms with Crippen molar-refractivity contribution in [3.8, 4) is 5.75 Å². The molecule has 0 aliphatic rings. The molecule has 0 heterocycles. The lowest BCUT2D eigenvalue weighted by molar-refractivity contribution is -0.143. The van der Waals surface area contributed by atoms with Crippen molar-refractivity contribution in [2.24, 2.45) is 5.92 Å². The van der Waals surface area contributed by atoms with Crippen LogP contribution in [-0.4, -0.2) is 27.5 Å². The Morgan fingerprint density at radius 2 is 1.45 bits per heavy atom. The van der Waals surface area contributed by atoms with Crippen LogP contribution in [0.25, 0.3) is 0 Å². The van der Waals surface area contributed by atoms with Gasteiger partial charge in [0.25, 0.3) is 5.91 Å². The van der Waals surface area contributed by atoms with Gasteiger partial charge in [0.05, 0.1) is 16.0 Å². The maximum Gasteiger partial charge on any atom is 0.416 e. The third-order valence-corrected chi connectivity index (χ3v) is 5.50. The lowest BCUT2D eigenvalue weighted by Crippen LogP contribution is -2.27. The Bertz CT molecular complexity index is 1050. The van der Waals surface area contributed by atoms with Crippen molar-refractivity contribution in [2.75, 3.05) is 18.5 Å². The Kier molecular flexibility index (Phi) is 8.01. The van der Waals surface area contributed by atoms with Crippen molar-refractivity contribution < 1.29 is 44.3 Å². The third kappa shape index (κ3) is 7.93. The molecule has 2 aromatic rings. The number of amides is 1. The van der Waals surface area contributed by atoms with E-state index < -0.39 is 51.7 Å². The van der Waals surface area contributed by atoms with Gasteiger partial charge in [-0.1, -0.05) is 13.8 Å². The van der Waals surface area contributed by atoms with Gasteiger partial charge < -0.3 is 10.1 Å². The molecule has 0 unspecified atom stereocenters. The van der Waals surface area contributed by atoms with Crippen LogP contribution in [0.4, 0.5) is 32.0 Å². The summed E-state index contributed by atoms with van der Waals surface area (Å²) in [5.41, 5.74) is -3.85. The lowest BCUT2D eigenvalue weighted by Gasteiger charge is -2.15. The van der Waals surface area contributed by atoms with Crippen molar-refractivity contribution in [3.63, 3.8) is 0 Å². The number of alkyl halides is 6. The van der Waals surface area contributed by atoms with Crippen molar-refractivity contribution >= 4 is 21.6 Å². The number of nitrogens with one attached hydrogen (secondary N) is 2. The highest BCUT2D eigenvalue weighted by Gasteiger charge is 2.37. The number of carbonyl (C=O) groups excluding carboxylic acids is 1. The number of carbonyl (C=O) groups is 1. The van der Waals surface area contributed by atoms with E-state index in [0.29, 0.717) is 12.1 Å². The summed E-state index contributed by atoms with van der Waals surface area (Å²) in [6, 6.07) is 5.63. The first-order chi connectivity index (χ1) is 15.1. The highest BCUT2D eigenvalue weighted by molar-refractivity contribution is 7.89. The van der Waals surface area contributed by atoms with Crippen LogP contribution in [0.2, 0.25) is 0 Å². The Hall–Kier alpha value is -2.80. The summed E-state index contributed by atoms with van der Waals surface area (Å²) in [4.78, 5) is 11.9. The van der Waals surface area contributed by atoms with Crippen LogP contribution >= 0.6 is 0 Å². The number of benzene rings is 2. The van der Waals surface area contributed by atoms with Gasteiger partial charge in [-0.15, -0.1) is 0 Å². The molecule has 0 atom stereocenters. The van der Waals surface area contributed by atoms with E-state index in [1.54, 1.807) is 0 Å². The fourth-order valence-corrected chi connectivity index (χ4v) is 3.66. The molecular weight excluding hydrogens is 478 g/mol. The van der Waals surface area contributed by atoms with E-state index in [1.165, 1.54) is 24.3 Å². The first kappa shape index (κ1) is 26.5. The van der Waals surface area contributed by atoms with Crippen LogP contribution in [0.3, 0.4) is 0 Å².